The lowest BCUT2D eigenvalue weighted by Crippen LogP contribution is -2.28. The van der Waals surface area contributed by atoms with Crippen LogP contribution in [0.1, 0.15) is 33.8 Å². The second kappa shape index (κ2) is 7.69. The van der Waals surface area contributed by atoms with Crippen molar-refractivity contribution in [1.29, 1.82) is 0 Å². The summed E-state index contributed by atoms with van der Waals surface area (Å²) in [6.07, 6.45) is -2.70. The largest absolute Gasteiger partial charge is 0.416 e. The number of halogens is 3. The van der Waals surface area contributed by atoms with Crippen LogP contribution in [-0.2, 0) is 23.9 Å². The predicted octanol–water partition coefficient (Wildman–Crippen LogP) is 2.84. The maximum Gasteiger partial charge on any atom is 0.416 e. The SMILES string of the molecule is O=C1CCc2c(ncnc2C(=O)NCc2cc(-c3nc4ccc(C(F)(F)F)cc4[nH]3)no2)N1. The molecule has 3 aromatic heterocycles. The number of nitrogens with zero attached hydrogens (tertiary/aromatic N) is 4. The molecular formula is C20H14F3N7O3. The smallest absolute Gasteiger partial charge is 0.359 e. The number of benzene rings is 1. The average Bonchev–Trinajstić information content (AvgIpc) is 3.42. The van der Waals surface area contributed by atoms with E-state index in [1.807, 2.05) is 0 Å². The fourth-order valence-corrected chi connectivity index (χ4v) is 3.45. The molecule has 168 valence electrons. The second-order valence-electron chi connectivity index (χ2n) is 7.27. The van der Waals surface area contributed by atoms with Crippen LogP contribution in [0.2, 0.25) is 0 Å². The van der Waals surface area contributed by atoms with E-state index in [0.29, 0.717) is 29.1 Å². The van der Waals surface area contributed by atoms with Gasteiger partial charge in [0.2, 0.25) is 5.91 Å². The molecule has 0 fully saturated rings. The minimum atomic E-state index is -4.47. The topological polar surface area (TPSA) is 139 Å². The van der Waals surface area contributed by atoms with E-state index in [4.69, 9.17) is 4.52 Å². The standard InChI is InChI=1S/C20H14F3N7O3/c21-20(22,23)9-1-3-12-13(5-9)28-18(27-12)14-6-10(33-30-14)7-24-19(32)16-11-2-4-15(31)29-17(11)26-8-25-16/h1,3,5-6,8H,2,4,7H2,(H,24,32)(H,27,28)(H,25,26,29,31). The Morgan fingerprint density at radius 1 is 1.18 bits per heavy atom. The van der Waals surface area contributed by atoms with Crippen molar-refractivity contribution in [3.63, 3.8) is 0 Å². The van der Waals surface area contributed by atoms with Gasteiger partial charge in [-0.1, -0.05) is 5.16 Å². The lowest BCUT2D eigenvalue weighted by molar-refractivity contribution is -0.137. The van der Waals surface area contributed by atoms with Gasteiger partial charge >= 0.3 is 6.18 Å². The number of carbonyl (C=O) groups excluding carboxylic acids is 2. The highest BCUT2D eigenvalue weighted by molar-refractivity contribution is 5.99. The predicted molar refractivity (Wildman–Crippen MR) is 107 cm³/mol. The summed E-state index contributed by atoms with van der Waals surface area (Å²) in [7, 11) is 0. The zero-order chi connectivity index (χ0) is 23.2. The first-order chi connectivity index (χ1) is 15.8. The van der Waals surface area contributed by atoms with Gasteiger partial charge < -0.3 is 20.1 Å². The van der Waals surface area contributed by atoms with Crippen LogP contribution < -0.4 is 10.6 Å². The highest BCUT2D eigenvalue weighted by Crippen LogP contribution is 2.31. The normalized spacial score (nSPS) is 13.6. The highest BCUT2D eigenvalue weighted by atomic mass is 19.4. The molecule has 4 aromatic rings. The van der Waals surface area contributed by atoms with Gasteiger partial charge in [0.05, 0.1) is 23.1 Å². The summed E-state index contributed by atoms with van der Waals surface area (Å²) >= 11 is 0. The molecule has 13 heteroatoms. The monoisotopic (exact) mass is 457 g/mol. The number of fused-ring (bicyclic) bond motifs is 2. The molecule has 0 aliphatic carbocycles. The molecule has 0 bridgehead atoms. The third kappa shape index (κ3) is 4.00. The molecule has 0 unspecified atom stereocenters. The van der Waals surface area contributed by atoms with Crippen LogP contribution in [-0.4, -0.2) is 36.9 Å². The number of aromatic amines is 1. The van der Waals surface area contributed by atoms with Crippen LogP contribution in [0.3, 0.4) is 0 Å². The van der Waals surface area contributed by atoms with Crippen LogP contribution in [0.4, 0.5) is 19.0 Å². The Bertz CT molecular complexity index is 1390. The van der Waals surface area contributed by atoms with Gasteiger partial charge in [-0.2, -0.15) is 13.2 Å². The van der Waals surface area contributed by atoms with Gasteiger partial charge in [0.15, 0.2) is 11.6 Å². The highest BCUT2D eigenvalue weighted by Gasteiger charge is 2.31. The molecule has 0 saturated heterocycles. The number of carbonyl (C=O) groups is 2. The number of amides is 2. The number of alkyl halides is 3. The molecule has 1 aromatic carbocycles. The Balaban J connectivity index is 1.31. The van der Waals surface area contributed by atoms with Crippen molar-refractivity contribution in [3.8, 4) is 11.5 Å². The van der Waals surface area contributed by atoms with Crippen LogP contribution >= 0.6 is 0 Å². The molecule has 0 saturated carbocycles. The maximum absolute atomic E-state index is 12.9. The fourth-order valence-electron chi connectivity index (χ4n) is 3.45. The summed E-state index contributed by atoms with van der Waals surface area (Å²) in [5.41, 5.74) is 0.729. The molecule has 3 N–H and O–H groups in total. The number of anilines is 1. The third-order valence-corrected chi connectivity index (χ3v) is 5.05. The van der Waals surface area contributed by atoms with Gasteiger partial charge in [0.25, 0.3) is 5.91 Å². The summed E-state index contributed by atoms with van der Waals surface area (Å²) in [5, 5.41) is 9.13. The van der Waals surface area contributed by atoms with Crippen molar-refractivity contribution in [2.45, 2.75) is 25.6 Å². The van der Waals surface area contributed by atoms with Gasteiger partial charge in [0.1, 0.15) is 23.5 Å². The summed E-state index contributed by atoms with van der Waals surface area (Å²) < 4.78 is 43.9. The van der Waals surface area contributed by atoms with E-state index in [1.165, 1.54) is 18.5 Å². The van der Waals surface area contributed by atoms with Gasteiger partial charge in [-0.25, -0.2) is 15.0 Å². The average molecular weight is 457 g/mol. The first-order valence-corrected chi connectivity index (χ1v) is 9.73. The van der Waals surface area contributed by atoms with Gasteiger partial charge in [-0.05, 0) is 24.6 Å². The summed E-state index contributed by atoms with van der Waals surface area (Å²) in [5.74, 6) is 0.178. The Kier molecular flexibility index (Phi) is 4.80. The molecule has 0 atom stereocenters. The molecule has 33 heavy (non-hydrogen) atoms. The van der Waals surface area contributed by atoms with Gasteiger partial charge in [-0.15, -0.1) is 0 Å². The molecule has 5 rings (SSSR count). The van der Waals surface area contributed by atoms with E-state index in [-0.39, 0.29) is 41.6 Å². The van der Waals surface area contributed by atoms with Crippen LogP contribution in [0.5, 0.6) is 0 Å². The van der Waals surface area contributed by atoms with Crippen molar-refractivity contribution < 1.29 is 27.3 Å². The summed E-state index contributed by atoms with van der Waals surface area (Å²) in [6.45, 7) is -0.0184. The Morgan fingerprint density at radius 3 is 2.85 bits per heavy atom. The number of hydrogen-bond acceptors (Lipinski definition) is 7. The van der Waals surface area contributed by atoms with E-state index in [9.17, 15) is 22.8 Å². The Morgan fingerprint density at radius 2 is 2.03 bits per heavy atom. The van der Waals surface area contributed by atoms with Crippen molar-refractivity contribution in [2.75, 3.05) is 5.32 Å². The zero-order valence-electron chi connectivity index (χ0n) is 16.7. The zero-order valence-corrected chi connectivity index (χ0v) is 16.7. The third-order valence-electron chi connectivity index (χ3n) is 5.05. The maximum atomic E-state index is 12.9. The van der Waals surface area contributed by atoms with Gasteiger partial charge in [-0.3, -0.25) is 9.59 Å². The molecule has 2 amide bonds. The number of H-pyrrole nitrogens is 1. The molecule has 10 nitrogen and oxygen atoms in total. The van der Waals surface area contributed by atoms with Gasteiger partial charge in [0, 0.05) is 18.1 Å². The first kappa shape index (κ1) is 20.6. The number of hydrogen-bond donors (Lipinski definition) is 3. The number of nitrogens with one attached hydrogen (secondary N) is 3. The molecule has 1 aliphatic heterocycles. The first-order valence-electron chi connectivity index (χ1n) is 9.73. The molecular weight excluding hydrogens is 443 g/mol. The number of aromatic nitrogens is 5. The summed E-state index contributed by atoms with van der Waals surface area (Å²) in [6, 6.07) is 4.70. The molecule has 0 radical (unpaired) electrons. The number of rotatable bonds is 4. The quantitative estimate of drug-likeness (QED) is 0.428. The molecule has 4 heterocycles. The van der Waals surface area contributed by atoms with Crippen LogP contribution in [0.25, 0.3) is 22.6 Å². The molecule has 0 spiro atoms. The second-order valence-corrected chi connectivity index (χ2v) is 7.27. The van der Waals surface area contributed by atoms with Crippen molar-refractivity contribution in [2.24, 2.45) is 0 Å². The van der Waals surface area contributed by atoms with E-state index in [1.54, 1.807) is 0 Å². The summed E-state index contributed by atoms with van der Waals surface area (Å²) in [4.78, 5) is 39.1. The van der Waals surface area contributed by atoms with E-state index < -0.39 is 17.6 Å². The van der Waals surface area contributed by atoms with E-state index in [0.717, 1.165) is 12.1 Å². The van der Waals surface area contributed by atoms with Crippen LogP contribution in [0, 0.1) is 0 Å². The number of imidazole rings is 1. The Labute approximate surface area is 182 Å². The van der Waals surface area contributed by atoms with Crippen molar-refractivity contribution in [3.05, 3.63) is 53.2 Å². The van der Waals surface area contributed by atoms with Crippen molar-refractivity contribution in [1.82, 2.24) is 30.4 Å². The minimum absolute atomic E-state index is 0.0184. The Hall–Kier alpha value is -4.29. The van der Waals surface area contributed by atoms with E-state index in [2.05, 4.69) is 35.7 Å². The van der Waals surface area contributed by atoms with Crippen molar-refractivity contribution >= 4 is 28.7 Å². The fraction of sp³-hybridized carbons (Fsp3) is 0.200. The molecule has 1 aliphatic rings. The lowest BCUT2D eigenvalue weighted by Gasteiger charge is -2.17. The minimum Gasteiger partial charge on any atom is -0.359 e. The van der Waals surface area contributed by atoms with E-state index >= 15 is 0 Å². The van der Waals surface area contributed by atoms with Crippen LogP contribution in [0.15, 0.2) is 35.1 Å². The lowest BCUT2D eigenvalue weighted by atomic mass is 10.0.